The summed E-state index contributed by atoms with van der Waals surface area (Å²) in [7, 11) is 0. The smallest absolute Gasteiger partial charge is 0.0991 e. The van der Waals surface area contributed by atoms with Crippen molar-refractivity contribution in [3.63, 3.8) is 0 Å². The van der Waals surface area contributed by atoms with Crippen LogP contribution >= 0.6 is 0 Å². The van der Waals surface area contributed by atoms with Crippen LogP contribution in [0.1, 0.15) is 36.6 Å². The minimum atomic E-state index is 0.382. The van der Waals surface area contributed by atoms with Crippen LogP contribution in [-0.2, 0) is 6.54 Å². The van der Waals surface area contributed by atoms with E-state index in [1.165, 1.54) is 11.1 Å². The van der Waals surface area contributed by atoms with Gasteiger partial charge in [0.2, 0.25) is 0 Å². The molecule has 0 aliphatic heterocycles. The molecule has 0 spiro atoms. The van der Waals surface area contributed by atoms with Gasteiger partial charge < -0.3 is 9.88 Å². The molecule has 1 atom stereocenters. The standard InChI is InChI=1S/C16H19N3/c1-3-18-13(2)16-8-9-19(12-16)11-15-6-4-14(10-17)5-7-15/h4-9,12-13,18H,3,11H2,1-2H3. The summed E-state index contributed by atoms with van der Waals surface area (Å²) in [6.45, 7) is 6.10. The van der Waals surface area contributed by atoms with Gasteiger partial charge >= 0.3 is 0 Å². The number of nitrogens with zero attached hydrogens (tertiary/aromatic N) is 2. The Hall–Kier alpha value is -2.05. The van der Waals surface area contributed by atoms with Gasteiger partial charge in [-0.25, -0.2) is 0 Å². The lowest BCUT2D eigenvalue weighted by molar-refractivity contribution is 0.596. The van der Waals surface area contributed by atoms with E-state index in [1.807, 2.05) is 24.3 Å². The molecule has 2 aromatic rings. The average molecular weight is 253 g/mol. The summed E-state index contributed by atoms with van der Waals surface area (Å²) in [4.78, 5) is 0. The Morgan fingerprint density at radius 2 is 2.00 bits per heavy atom. The lowest BCUT2D eigenvalue weighted by Gasteiger charge is -2.10. The molecule has 0 bridgehead atoms. The third-order valence-electron chi connectivity index (χ3n) is 3.23. The number of hydrogen-bond donors (Lipinski definition) is 1. The van der Waals surface area contributed by atoms with Gasteiger partial charge in [0.1, 0.15) is 0 Å². The van der Waals surface area contributed by atoms with Gasteiger partial charge in [-0.1, -0.05) is 19.1 Å². The lowest BCUT2D eigenvalue weighted by Crippen LogP contribution is -2.17. The fourth-order valence-corrected chi connectivity index (χ4v) is 2.13. The van der Waals surface area contributed by atoms with Crippen molar-refractivity contribution in [2.45, 2.75) is 26.4 Å². The Morgan fingerprint density at radius 3 is 2.63 bits per heavy atom. The van der Waals surface area contributed by atoms with E-state index in [0.29, 0.717) is 11.6 Å². The van der Waals surface area contributed by atoms with Gasteiger partial charge in [0.15, 0.2) is 0 Å². The summed E-state index contributed by atoms with van der Waals surface area (Å²) in [6.07, 6.45) is 4.27. The van der Waals surface area contributed by atoms with Crippen LogP contribution in [0.5, 0.6) is 0 Å². The van der Waals surface area contributed by atoms with Gasteiger partial charge in [0.25, 0.3) is 0 Å². The van der Waals surface area contributed by atoms with Gasteiger partial charge in [-0.15, -0.1) is 0 Å². The molecule has 1 N–H and O–H groups in total. The van der Waals surface area contributed by atoms with Gasteiger partial charge in [0, 0.05) is 25.0 Å². The van der Waals surface area contributed by atoms with Crippen LogP contribution in [0.15, 0.2) is 42.7 Å². The molecule has 0 amide bonds. The number of aromatic nitrogens is 1. The second kappa shape index (κ2) is 6.21. The Bertz CT molecular complexity index is 560. The van der Waals surface area contributed by atoms with Crippen molar-refractivity contribution in [2.75, 3.05) is 6.54 Å². The Labute approximate surface area is 114 Å². The molecule has 2 rings (SSSR count). The molecule has 0 fully saturated rings. The molecule has 0 aliphatic carbocycles. The summed E-state index contributed by atoms with van der Waals surface area (Å²) in [5, 5.41) is 12.2. The maximum absolute atomic E-state index is 8.77. The minimum absolute atomic E-state index is 0.382. The van der Waals surface area contributed by atoms with E-state index in [0.717, 1.165) is 13.1 Å². The summed E-state index contributed by atoms with van der Waals surface area (Å²) in [5.74, 6) is 0. The molecule has 0 saturated heterocycles. The number of nitrogens with one attached hydrogen (secondary N) is 1. The van der Waals surface area contributed by atoms with Crippen molar-refractivity contribution in [1.29, 1.82) is 5.26 Å². The molecule has 3 heteroatoms. The minimum Gasteiger partial charge on any atom is -0.350 e. The fraction of sp³-hybridized carbons (Fsp3) is 0.312. The molecule has 1 unspecified atom stereocenters. The molecule has 0 saturated carbocycles. The quantitative estimate of drug-likeness (QED) is 0.889. The molecule has 1 aromatic heterocycles. The molecule has 98 valence electrons. The van der Waals surface area contributed by atoms with Crippen molar-refractivity contribution in [3.8, 4) is 6.07 Å². The maximum Gasteiger partial charge on any atom is 0.0991 e. The second-order valence-electron chi connectivity index (χ2n) is 4.71. The summed E-state index contributed by atoms with van der Waals surface area (Å²) in [6, 6.07) is 12.4. The van der Waals surface area contributed by atoms with Gasteiger partial charge in [-0.2, -0.15) is 5.26 Å². The van der Waals surface area contributed by atoms with Crippen LogP contribution in [-0.4, -0.2) is 11.1 Å². The topological polar surface area (TPSA) is 40.8 Å². The van der Waals surface area contributed by atoms with Crippen LogP contribution < -0.4 is 5.32 Å². The first-order chi connectivity index (χ1) is 9.22. The van der Waals surface area contributed by atoms with E-state index >= 15 is 0 Å². The summed E-state index contributed by atoms with van der Waals surface area (Å²) < 4.78 is 2.17. The highest BCUT2D eigenvalue weighted by molar-refractivity contribution is 5.31. The Morgan fingerprint density at radius 1 is 1.26 bits per heavy atom. The first-order valence-electron chi connectivity index (χ1n) is 6.61. The van der Waals surface area contributed by atoms with Crippen molar-refractivity contribution in [2.24, 2.45) is 0 Å². The lowest BCUT2D eigenvalue weighted by atomic mass is 10.1. The highest BCUT2D eigenvalue weighted by Gasteiger charge is 2.05. The van der Waals surface area contributed by atoms with E-state index in [2.05, 4.69) is 48.3 Å². The molecule has 1 heterocycles. The van der Waals surface area contributed by atoms with Gasteiger partial charge in [-0.05, 0) is 42.8 Å². The van der Waals surface area contributed by atoms with Gasteiger partial charge in [0.05, 0.1) is 11.6 Å². The van der Waals surface area contributed by atoms with Crippen LogP contribution in [0, 0.1) is 11.3 Å². The third kappa shape index (κ3) is 3.46. The van der Waals surface area contributed by atoms with E-state index in [4.69, 9.17) is 5.26 Å². The van der Waals surface area contributed by atoms with Crippen LogP contribution in [0.25, 0.3) is 0 Å². The molecule has 3 nitrogen and oxygen atoms in total. The predicted molar refractivity (Wildman–Crippen MR) is 76.8 cm³/mol. The summed E-state index contributed by atoms with van der Waals surface area (Å²) >= 11 is 0. The molecule has 0 aliphatic rings. The van der Waals surface area contributed by atoms with Crippen LogP contribution in [0.4, 0.5) is 0 Å². The zero-order valence-corrected chi connectivity index (χ0v) is 11.4. The van der Waals surface area contributed by atoms with Crippen molar-refractivity contribution < 1.29 is 0 Å². The van der Waals surface area contributed by atoms with Crippen LogP contribution in [0.2, 0.25) is 0 Å². The fourth-order valence-electron chi connectivity index (χ4n) is 2.13. The Kier molecular flexibility index (Phi) is 4.38. The number of rotatable bonds is 5. The first-order valence-corrected chi connectivity index (χ1v) is 6.61. The number of nitriles is 1. The highest BCUT2D eigenvalue weighted by Crippen LogP contribution is 2.14. The van der Waals surface area contributed by atoms with Crippen molar-refractivity contribution in [3.05, 3.63) is 59.4 Å². The largest absolute Gasteiger partial charge is 0.350 e. The SMILES string of the molecule is CCNC(C)c1ccn(Cc2ccc(C#N)cc2)c1. The molecule has 1 aromatic carbocycles. The van der Waals surface area contributed by atoms with Crippen LogP contribution in [0.3, 0.4) is 0 Å². The third-order valence-corrected chi connectivity index (χ3v) is 3.23. The molecular weight excluding hydrogens is 234 g/mol. The van der Waals surface area contributed by atoms with Gasteiger partial charge in [-0.3, -0.25) is 0 Å². The highest BCUT2D eigenvalue weighted by atomic mass is 15.0. The number of benzene rings is 1. The summed E-state index contributed by atoms with van der Waals surface area (Å²) in [5.41, 5.74) is 3.21. The zero-order chi connectivity index (χ0) is 13.7. The predicted octanol–water partition coefficient (Wildman–Crippen LogP) is 3.08. The molecule has 0 radical (unpaired) electrons. The average Bonchev–Trinajstić information content (AvgIpc) is 2.88. The zero-order valence-electron chi connectivity index (χ0n) is 11.4. The van der Waals surface area contributed by atoms with E-state index in [-0.39, 0.29) is 0 Å². The van der Waals surface area contributed by atoms with E-state index in [9.17, 15) is 0 Å². The first kappa shape index (κ1) is 13.4. The Balaban J connectivity index is 2.05. The number of hydrogen-bond acceptors (Lipinski definition) is 2. The second-order valence-corrected chi connectivity index (χ2v) is 4.71. The maximum atomic E-state index is 8.77. The molecular formula is C16H19N3. The van der Waals surface area contributed by atoms with Crippen molar-refractivity contribution in [1.82, 2.24) is 9.88 Å². The normalized spacial score (nSPS) is 12.1. The van der Waals surface area contributed by atoms with E-state index in [1.54, 1.807) is 0 Å². The monoisotopic (exact) mass is 253 g/mol. The van der Waals surface area contributed by atoms with Crippen molar-refractivity contribution >= 4 is 0 Å². The molecule has 19 heavy (non-hydrogen) atoms. The van der Waals surface area contributed by atoms with E-state index < -0.39 is 0 Å².